The van der Waals surface area contributed by atoms with Gasteiger partial charge in [-0.25, -0.2) is 4.98 Å². The normalized spacial score (nSPS) is 11.8. The predicted molar refractivity (Wildman–Crippen MR) is 82.7 cm³/mol. The van der Waals surface area contributed by atoms with Gasteiger partial charge in [0, 0.05) is 45.9 Å². The minimum absolute atomic E-state index is 0.0350. The maximum Gasteiger partial charge on any atom is 0.248 e. The largest absolute Gasteiger partial charge is 0.370 e. The summed E-state index contributed by atoms with van der Waals surface area (Å²) in [7, 11) is 3.27. The van der Waals surface area contributed by atoms with Crippen LogP contribution >= 0.6 is 0 Å². The van der Waals surface area contributed by atoms with Crippen LogP contribution in [0.2, 0.25) is 0 Å². The number of hydrogen-bond acceptors (Lipinski definition) is 6. The van der Waals surface area contributed by atoms with Crippen LogP contribution in [-0.4, -0.2) is 72.1 Å². The van der Waals surface area contributed by atoms with Crippen LogP contribution in [0.15, 0.2) is 12.5 Å². The molecule has 1 heterocycles. The van der Waals surface area contributed by atoms with Crippen LogP contribution in [0.3, 0.4) is 0 Å². The number of hydrogen-bond donors (Lipinski definition) is 2. The number of nitrogens with zero attached hydrogens (tertiary/aromatic N) is 3. The van der Waals surface area contributed by atoms with E-state index in [2.05, 4.69) is 10.3 Å². The zero-order valence-electron chi connectivity index (χ0n) is 13.6. The maximum absolute atomic E-state index is 11.9. The third-order valence-corrected chi connectivity index (χ3v) is 3.09. The molecule has 1 rings (SSSR count). The van der Waals surface area contributed by atoms with E-state index in [1.807, 2.05) is 0 Å². The van der Waals surface area contributed by atoms with E-state index in [-0.39, 0.29) is 43.9 Å². The highest BCUT2D eigenvalue weighted by Gasteiger charge is 2.17. The van der Waals surface area contributed by atoms with Gasteiger partial charge in [0.2, 0.25) is 17.7 Å². The Morgan fingerprint density at radius 1 is 1.43 bits per heavy atom. The van der Waals surface area contributed by atoms with E-state index in [1.54, 1.807) is 14.1 Å². The van der Waals surface area contributed by atoms with Gasteiger partial charge in [-0.3, -0.25) is 19.0 Å². The molecule has 1 unspecified atom stereocenters. The molecule has 3 N–H and O–H groups in total. The highest BCUT2D eigenvalue weighted by molar-refractivity contribution is 5.82. The fourth-order valence-corrected chi connectivity index (χ4v) is 1.74. The van der Waals surface area contributed by atoms with Gasteiger partial charge in [-0.15, -0.1) is 0 Å². The van der Waals surface area contributed by atoms with Crippen LogP contribution in [-0.2, 0) is 20.7 Å². The van der Waals surface area contributed by atoms with Crippen molar-refractivity contribution in [2.75, 3.05) is 33.9 Å². The SMILES string of the molecule is CC(=O)n1cncc1CC(N)C(=O)NCCOCC(=O)N(C)C. The first-order valence-electron chi connectivity index (χ1n) is 7.16. The number of likely N-dealkylation sites (N-methyl/N-ethyl adjacent to an activating group) is 1. The molecule has 9 heteroatoms. The van der Waals surface area contributed by atoms with Crippen molar-refractivity contribution < 1.29 is 19.1 Å². The van der Waals surface area contributed by atoms with Crippen LogP contribution < -0.4 is 11.1 Å². The van der Waals surface area contributed by atoms with E-state index in [9.17, 15) is 14.4 Å². The Balaban J connectivity index is 2.30. The molecule has 0 aromatic carbocycles. The molecule has 0 saturated heterocycles. The van der Waals surface area contributed by atoms with Gasteiger partial charge < -0.3 is 20.7 Å². The molecule has 0 spiro atoms. The first-order chi connectivity index (χ1) is 10.8. The van der Waals surface area contributed by atoms with Crippen molar-refractivity contribution in [3.8, 4) is 0 Å². The second-order valence-corrected chi connectivity index (χ2v) is 5.22. The topological polar surface area (TPSA) is 120 Å². The Labute approximate surface area is 134 Å². The van der Waals surface area contributed by atoms with E-state index < -0.39 is 6.04 Å². The lowest BCUT2D eigenvalue weighted by Crippen LogP contribution is -2.43. The molecule has 0 aliphatic carbocycles. The van der Waals surface area contributed by atoms with E-state index >= 15 is 0 Å². The fraction of sp³-hybridized carbons (Fsp3) is 0.571. The third-order valence-electron chi connectivity index (χ3n) is 3.09. The van der Waals surface area contributed by atoms with E-state index in [0.717, 1.165) is 0 Å². The zero-order chi connectivity index (χ0) is 17.4. The number of carbonyl (C=O) groups excluding carboxylic acids is 3. The standard InChI is InChI=1S/C14H23N5O4/c1-10(20)19-9-16-7-11(19)6-12(15)14(22)17-4-5-23-8-13(21)18(2)3/h7,9,12H,4-6,8,15H2,1-3H3,(H,17,22). The minimum Gasteiger partial charge on any atom is -0.370 e. The molecule has 1 aromatic heterocycles. The zero-order valence-corrected chi connectivity index (χ0v) is 13.6. The molecular formula is C14H23N5O4. The first kappa shape index (κ1) is 18.8. The number of rotatable bonds is 8. The summed E-state index contributed by atoms with van der Waals surface area (Å²) in [4.78, 5) is 39.8. The lowest BCUT2D eigenvalue weighted by molar-refractivity contribution is -0.133. The van der Waals surface area contributed by atoms with Crippen LogP contribution in [0.25, 0.3) is 0 Å². The lowest BCUT2D eigenvalue weighted by atomic mass is 10.1. The van der Waals surface area contributed by atoms with Gasteiger partial charge in [0.15, 0.2) is 0 Å². The van der Waals surface area contributed by atoms with E-state index in [4.69, 9.17) is 10.5 Å². The van der Waals surface area contributed by atoms with Crippen molar-refractivity contribution in [1.29, 1.82) is 0 Å². The molecule has 1 aromatic rings. The molecule has 0 fully saturated rings. The molecule has 0 aliphatic rings. The monoisotopic (exact) mass is 325 g/mol. The molecule has 1 atom stereocenters. The molecule has 0 radical (unpaired) electrons. The summed E-state index contributed by atoms with van der Waals surface area (Å²) in [6, 6.07) is -0.798. The summed E-state index contributed by atoms with van der Waals surface area (Å²) in [5.74, 6) is -0.696. The van der Waals surface area contributed by atoms with Crippen LogP contribution in [0.4, 0.5) is 0 Å². The summed E-state index contributed by atoms with van der Waals surface area (Å²) in [6.45, 7) is 1.83. The number of aromatic nitrogens is 2. The minimum atomic E-state index is -0.798. The van der Waals surface area contributed by atoms with Gasteiger partial charge in [-0.2, -0.15) is 0 Å². The highest BCUT2D eigenvalue weighted by Crippen LogP contribution is 2.02. The molecule has 0 saturated carbocycles. The molecule has 128 valence electrons. The van der Waals surface area contributed by atoms with Gasteiger partial charge >= 0.3 is 0 Å². The Hall–Kier alpha value is -2.26. The van der Waals surface area contributed by atoms with Gasteiger partial charge in [0.1, 0.15) is 12.9 Å². The Morgan fingerprint density at radius 2 is 2.13 bits per heavy atom. The van der Waals surface area contributed by atoms with Crippen molar-refractivity contribution in [2.24, 2.45) is 5.73 Å². The summed E-state index contributed by atoms with van der Waals surface area (Å²) < 4.78 is 6.49. The van der Waals surface area contributed by atoms with Crippen molar-refractivity contribution in [1.82, 2.24) is 19.8 Å². The summed E-state index contributed by atoms with van der Waals surface area (Å²) in [5, 5.41) is 2.62. The Morgan fingerprint density at radius 3 is 2.74 bits per heavy atom. The average molecular weight is 325 g/mol. The number of ether oxygens (including phenoxy) is 1. The summed E-state index contributed by atoms with van der Waals surface area (Å²) in [6.07, 6.45) is 3.09. The molecule has 0 aliphatic heterocycles. The number of nitrogens with two attached hydrogens (primary N) is 1. The molecule has 9 nitrogen and oxygen atoms in total. The van der Waals surface area contributed by atoms with Crippen molar-refractivity contribution >= 4 is 17.7 Å². The Bertz CT molecular complexity index is 555. The molecule has 2 amide bonds. The summed E-state index contributed by atoms with van der Waals surface area (Å²) >= 11 is 0. The van der Waals surface area contributed by atoms with Crippen LogP contribution in [0.1, 0.15) is 17.4 Å². The van der Waals surface area contributed by atoms with Crippen molar-refractivity contribution in [2.45, 2.75) is 19.4 Å². The number of nitrogens with one attached hydrogen (secondary N) is 1. The quantitative estimate of drug-likeness (QED) is 0.569. The van der Waals surface area contributed by atoms with Crippen LogP contribution in [0, 0.1) is 0 Å². The van der Waals surface area contributed by atoms with Gasteiger partial charge in [0.25, 0.3) is 0 Å². The number of amides is 2. The van der Waals surface area contributed by atoms with E-state index in [0.29, 0.717) is 5.69 Å². The smallest absolute Gasteiger partial charge is 0.248 e. The van der Waals surface area contributed by atoms with Crippen molar-refractivity contribution in [3.63, 3.8) is 0 Å². The second kappa shape index (κ2) is 9.01. The average Bonchev–Trinajstić information content (AvgIpc) is 2.94. The van der Waals surface area contributed by atoms with Gasteiger partial charge in [0.05, 0.1) is 12.6 Å². The maximum atomic E-state index is 11.9. The number of imidazole rings is 1. The Kier molecular flexibility index (Phi) is 7.36. The molecule has 23 heavy (non-hydrogen) atoms. The second-order valence-electron chi connectivity index (χ2n) is 5.22. The molecule has 0 bridgehead atoms. The van der Waals surface area contributed by atoms with Gasteiger partial charge in [-0.05, 0) is 0 Å². The lowest BCUT2D eigenvalue weighted by Gasteiger charge is -2.13. The fourth-order valence-electron chi connectivity index (χ4n) is 1.74. The summed E-state index contributed by atoms with van der Waals surface area (Å²) in [5.41, 5.74) is 6.39. The first-order valence-corrected chi connectivity index (χ1v) is 7.16. The number of carbonyl (C=O) groups is 3. The van der Waals surface area contributed by atoms with Crippen LogP contribution in [0.5, 0.6) is 0 Å². The van der Waals surface area contributed by atoms with Gasteiger partial charge in [-0.1, -0.05) is 0 Å². The third kappa shape index (κ3) is 6.17. The van der Waals surface area contributed by atoms with E-state index in [1.165, 1.54) is 28.9 Å². The molecular weight excluding hydrogens is 302 g/mol. The predicted octanol–water partition coefficient (Wildman–Crippen LogP) is -1.37. The van der Waals surface area contributed by atoms with Crippen molar-refractivity contribution in [3.05, 3.63) is 18.2 Å². The highest BCUT2D eigenvalue weighted by atomic mass is 16.5.